The van der Waals surface area contributed by atoms with E-state index in [4.69, 9.17) is 10.8 Å². The van der Waals surface area contributed by atoms with Gasteiger partial charge in [-0.2, -0.15) is 0 Å². The SMILES string of the molecule is N[C@@H](c1cc(O)ccc1Br)C(F)F. The van der Waals surface area contributed by atoms with Crippen LogP contribution in [0.2, 0.25) is 0 Å². The average Bonchev–Trinajstić information content (AvgIpc) is 2.08. The van der Waals surface area contributed by atoms with Crippen molar-refractivity contribution in [2.75, 3.05) is 0 Å². The minimum atomic E-state index is -2.64. The molecule has 0 aliphatic carbocycles. The highest BCUT2D eigenvalue weighted by Crippen LogP contribution is 2.28. The third kappa shape index (κ3) is 2.38. The molecule has 0 aromatic heterocycles. The first-order valence-corrected chi connectivity index (χ1v) is 4.34. The topological polar surface area (TPSA) is 46.2 Å². The molecule has 1 atom stereocenters. The van der Waals surface area contributed by atoms with Gasteiger partial charge in [-0.25, -0.2) is 8.78 Å². The summed E-state index contributed by atoms with van der Waals surface area (Å²) in [5.41, 5.74) is 5.42. The molecule has 0 amide bonds. The maximum Gasteiger partial charge on any atom is 0.257 e. The highest BCUT2D eigenvalue weighted by atomic mass is 79.9. The lowest BCUT2D eigenvalue weighted by Crippen LogP contribution is -2.19. The Morgan fingerprint density at radius 2 is 2.00 bits per heavy atom. The van der Waals surface area contributed by atoms with Crippen molar-refractivity contribution >= 4 is 15.9 Å². The molecule has 1 aromatic rings. The van der Waals surface area contributed by atoms with Crippen LogP contribution >= 0.6 is 15.9 Å². The Labute approximate surface area is 82.5 Å². The lowest BCUT2D eigenvalue weighted by atomic mass is 10.1. The summed E-state index contributed by atoms with van der Waals surface area (Å²) in [7, 11) is 0. The van der Waals surface area contributed by atoms with E-state index in [1.807, 2.05) is 0 Å². The third-order valence-corrected chi connectivity index (χ3v) is 2.33. The molecule has 0 saturated heterocycles. The Kier molecular flexibility index (Phi) is 3.22. The molecular formula is C8H8BrF2NO. The predicted octanol–water partition coefficient (Wildman–Crippen LogP) is 2.42. The number of phenolic OH excluding ortho intramolecular Hbond substituents is 1. The summed E-state index contributed by atoms with van der Waals surface area (Å²) in [6, 6.07) is 2.72. The van der Waals surface area contributed by atoms with E-state index in [9.17, 15) is 8.78 Å². The van der Waals surface area contributed by atoms with E-state index in [1.54, 1.807) is 0 Å². The summed E-state index contributed by atoms with van der Waals surface area (Å²) in [4.78, 5) is 0. The number of rotatable bonds is 2. The van der Waals surface area contributed by atoms with Gasteiger partial charge in [-0.05, 0) is 23.8 Å². The Morgan fingerprint density at radius 3 is 2.54 bits per heavy atom. The number of benzene rings is 1. The Balaban J connectivity index is 3.05. The fourth-order valence-electron chi connectivity index (χ4n) is 0.922. The van der Waals surface area contributed by atoms with Gasteiger partial charge >= 0.3 is 0 Å². The molecule has 0 fully saturated rings. The van der Waals surface area contributed by atoms with Crippen molar-refractivity contribution in [1.29, 1.82) is 0 Å². The Bertz CT molecular complexity index is 306. The quantitative estimate of drug-likeness (QED) is 0.848. The average molecular weight is 252 g/mol. The first kappa shape index (κ1) is 10.4. The lowest BCUT2D eigenvalue weighted by Gasteiger charge is -2.12. The zero-order chi connectivity index (χ0) is 10.0. The van der Waals surface area contributed by atoms with Crippen LogP contribution in [0.4, 0.5) is 8.78 Å². The third-order valence-electron chi connectivity index (χ3n) is 1.61. The maximum atomic E-state index is 12.2. The van der Waals surface area contributed by atoms with Crippen LogP contribution in [0.25, 0.3) is 0 Å². The molecule has 13 heavy (non-hydrogen) atoms. The summed E-state index contributed by atoms with van der Waals surface area (Å²) in [5, 5.41) is 9.05. The number of phenols is 1. The van der Waals surface area contributed by atoms with E-state index in [0.29, 0.717) is 4.47 Å². The van der Waals surface area contributed by atoms with E-state index in [0.717, 1.165) is 0 Å². The van der Waals surface area contributed by atoms with Crippen molar-refractivity contribution in [1.82, 2.24) is 0 Å². The largest absolute Gasteiger partial charge is 0.508 e. The summed E-state index contributed by atoms with van der Waals surface area (Å²) in [5.74, 6) is -0.0747. The molecular weight excluding hydrogens is 244 g/mol. The number of halogens is 3. The van der Waals surface area contributed by atoms with Gasteiger partial charge in [-0.3, -0.25) is 0 Å². The molecule has 1 rings (SSSR count). The molecule has 72 valence electrons. The predicted molar refractivity (Wildman–Crippen MR) is 48.7 cm³/mol. The van der Waals surface area contributed by atoms with Crippen molar-refractivity contribution in [3.8, 4) is 5.75 Å². The molecule has 0 aliphatic rings. The molecule has 1 aromatic carbocycles. The smallest absolute Gasteiger partial charge is 0.257 e. The maximum absolute atomic E-state index is 12.2. The molecule has 0 saturated carbocycles. The molecule has 0 spiro atoms. The Morgan fingerprint density at radius 1 is 1.38 bits per heavy atom. The molecule has 0 radical (unpaired) electrons. The van der Waals surface area contributed by atoms with E-state index in [-0.39, 0.29) is 11.3 Å². The van der Waals surface area contributed by atoms with Crippen LogP contribution < -0.4 is 5.73 Å². The van der Waals surface area contributed by atoms with Gasteiger partial charge in [-0.15, -0.1) is 0 Å². The number of hydrogen-bond acceptors (Lipinski definition) is 2. The van der Waals surface area contributed by atoms with Crippen LogP contribution in [0.1, 0.15) is 11.6 Å². The molecule has 3 N–H and O–H groups in total. The summed E-state index contributed by atoms with van der Waals surface area (Å²) in [6.45, 7) is 0. The molecule has 0 aliphatic heterocycles. The van der Waals surface area contributed by atoms with Crippen molar-refractivity contribution in [3.05, 3.63) is 28.2 Å². The van der Waals surface area contributed by atoms with Gasteiger partial charge in [0.2, 0.25) is 0 Å². The molecule has 0 heterocycles. The van der Waals surface area contributed by atoms with Crippen LogP contribution in [-0.2, 0) is 0 Å². The number of aromatic hydroxyl groups is 1. The molecule has 2 nitrogen and oxygen atoms in total. The summed E-state index contributed by atoms with van der Waals surface area (Å²) in [6.07, 6.45) is -2.64. The zero-order valence-corrected chi connectivity index (χ0v) is 8.13. The van der Waals surface area contributed by atoms with E-state index >= 15 is 0 Å². The highest BCUT2D eigenvalue weighted by molar-refractivity contribution is 9.10. The Hall–Kier alpha value is -0.680. The second-order valence-corrected chi connectivity index (χ2v) is 3.42. The van der Waals surface area contributed by atoms with Crippen molar-refractivity contribution in [2.45, 2.75) is 12.5 Å². The number of nitrogens with two attached hydrogens (primary N) is 1. The van der Waals surface area contributed by atoms with Crippen LogP contribution in [-0.4, -0.2) is 11.5 Å². The molecule has 0 bridgehead atoms. The molecule has 0 unspecified atom stereocenters. The van der Waals surface area contributed by atoms with E-state index in [1.165, 1.54) is 18.2 Å². The highest BCUT2D eigenvalue weighted by Gasteiger charge is 2.20. The van der Waals surface area contributed by atoms with Gasteiger partial charge in [0.05, 0.1) is 6.04 Å². The van der Waals surface area contributed by atoms with Gasteiger partial charge in [0.15, 0.2) is 0 Å². The lowest BCUT2D eigenvalue weighted by molar-refractivity contribution is 0.116. The van der Waals surface area contributed by atoms with Gasteiger partial charge in [0.25, 0.3) is 6.43 Å². The van der Waals surface area contributed by atoms with Gasteiger partial charge in [-0.1, -0.05) is 15.9 Å². The van der Waals surface area contributed by atoms with Gasteiger partial charge < -0.3 is 10.8 Å². The minimum absolute atomic E-state index is 0.0747. The zero-order valence-electron chi connectivity index (χ0n) is 6.55. The fraction of sp³-hybridized carbons (Fsp3) is 0.250. The first-order chi connectivity index (χ1) is 6.02. The van der Waals surface area contributed by atoms with E-state index < -0.39 is 12.5 Å². The standard InChI is InChI=1S/C8H8BrF2NO/c9-6-2-1-4(13)3-5(6)7(12)8(10)11/h1-3,7-8,13H,12H2/t7-/m0/s1. The number of alkyl halides is 2. The monoisotopic (exact) mass is 251 g/mol. The van der Waals surface area contributed by atoms with Crippen molar-refractivity contribution in [2.24, 2.45) is 5.73 Å². The van der Waals surface area contributed by atoms with Crippen molar-refractivity contribution < 1.29 is 13.9 Å². The van der Waals surface area contributed by atoms with Crippen LogP contribution in [0.5, 0.6) is 5.75 Å². The van der Waals surface area contributed by atoms with E-state index in [2.05, 4.69) is 15.9 Å². The molecule has 5 heteroatoms. The number of hydrogen-bond donors (Lipinski definition) is 2. The summed E-state index contributed by atoms with van der Waals surface area (Å²) >= 11 is 3.07. The minimum Gasteiger partial charge on any atom is -0.508 e. The van der Waals surface area contributed by atoms with Gasteiger partial charge in [0, 0.05) is 4.47 Å². The van der Waals surface area contributed by atoms with Crippen LogP contribution in [0.3, 0.4) is 0 Å². The summed E-state index contributed by atoms with van der Waals surface area (Å²) < 4.78 is 24.9. The van der Waals surface area contributed by atoms with Crippen LogP contribution in [0, 0.1) is 0 Å². The normalized spacial score (nSPS) is 13.3. The van der Waals surface area contributed by atoms with Gasteiger partial charge in [0.1, 0.15) is 5.75 Å². The van der Waals surface area contributed by atoms with Crippen LogP contribution in [0.15, 0.2) is 22.7 Å². The second-order valence-electron chi connectivity index (χ2n) is 2.57. The van der Waals surface area contributed by atoms with Crippen molar-refractivity contribution in [3.63, 3.8) is 0 Å². The first-order valence-electron chi connectivity index (χ1n) is 3.54. The second kappa shape index (κ2) is 4.02. The fourth-order valence-corrected chi connectivity index (χ4v) is 1.43.